The Kier molecular flexibility index (Phi) is 3.41. The van der Waals surface area contributed by atoms with Crippen LogP contribution < -0.4 is 16.6 Å². The van der Waals surface area contributed by atoms with Gasteiger partial charge >= 0.3 is 0 Å². The summed E-state index contributed by atoms with van der Waals surface area (Å²) in [5.74, 6) is -0.143. The van der Waals surface area contributed by atoms with Crippen LogP contribution in [0.3, 0.4) is 0 Å². The number of hydrogen-bond acceptors (Lipinski definition) is 3. The summed E-state index contributed by atoms with van der Waals surface area (Å²) < 4.78 is 1.33. The van der Waals surface area contributed by atoms with Crippen molar-refractivity contribution in [2.45, 2.75) is 32.7 Å². The van der Waals surface area contributed by atoms with Crippen LogP contribution >= 0.6 is 0 Å². The van der Waals surface area contributed by atoms with Crippen LogP contribution in [0.5, 0.6) is 0 Å². The van der Waals surface area contributed by atoms with E-state index in [0.29, 0.717) is 12.2 Å². The number of nitrogens with zero attached hydrogens (tertiary/aromatic N) is 1. The molecule has 1 aliphatic carbocycles. The van der Waals surface area contributed by atoms with Crippen LogP contribution in [0.2, 0.25) is 0 Å². The molecular formula is C13H19N3O2. The highest BCUT2D eigenvalue weighted by Crippen LogP contribution is 2.39. The monoisotopic (exact) mass is 249 g/mol. The molecule has 1 aromatic rings. The Hall–Kier alpha value is -1.78. The molecule has 1 fully saturated rings. The van der Waals surface area contributed by atoms with Crippen molar-refractivity contribution in [3.63, 3.8) is 0 Å². The molecule has 5 heteroatoms. The van der Waals surface area contributed by atoms with Crippen molar-refractivity contribution in [1.29, 1.82) is 0 Å². The van der Waals surface area contributed by atoms with Crippen LogP contribution in [0.25, 0.3) is 0 Å². The van der Waals surface area contributed by atoms with Crippen molar-refractivity contribution in [1.82, 2.24) is 9.88 Å². The molecule has 5 nitrogen and oxygen atoms in total. The van der Waals surface area contributed by atoms with Gasteiger partial charge in [0.2, 0.25) is 5.91 Å². The van der Waals surface area contributed by atoms with Gasteiger partial charge in [0.05, 0.1) is 0 Å². The Balaban J connectivity index is 1.90. The third kappa shape index (κ3) is 2.91. The number of hydrogen-bond donors (Lipinski definition) is 2. The fourth-order valence-corrected chi connectivity index (χ4v) is 2.15. The predicted octanol–water partition coefficient (Wildman–Crippen LogP) is 0.737. The molecule has 0 spiro atoms. The molecule has 1 heterocycles. The smallest absolute Gasteiger partial charge is 0.251 e. The first-order valence-electron chi connectivity index (χ1n) is 6.21. The maximum Gasteiger partial charge on any atom is 0.251 e. The van der Waals surface area contributed by atoms with Gasteiger partial charge in [0, 0.05) is 24.5 Å². The van der Waals surface area contributed by atoms with Crippen molar-refractivity contribution in [3.05, 3.63) is 28.7 Å². The Bertz CT molecular complexity index is 503. The molecule has 0 atom stereocenters. The average Bonchev–Trinajstić information content (AvgIpc) is 2.29. The molecule has 98 valence electrons. The minimum atomic E-state index is -0.214. The molecule has 0 unspecified atom stereocenters. The lowest BCUT2D eigenvalue weighted by Crippen LogP contribution is -2.41. The van der Waals surface area contributed by atoms with Crippen molar-refractivity contribution in [2.75, 3.05) is 12.3 Å². The van der Waals surface area contributed by atoms with E-state index in [4.69, 9.17) is 5.73 Å². The van der Waals surface area contributed by atoms with Crippen molar-refractivity contribution in [3.8, 4) is 0 Å². The van der Waals surface area contributed by atoms with Crippen LogP contribution in [-0.4, -0.2) is 17.0 Å². The van der Waals surface area contributed by atoms with E-state index in [1.54, 1.807) is 0 Å². The van der Waals surface area contributed by atoms with E-state index in [2.05, 4.69) is 12.2 Å². The lowest BCUT2D eigenvalue weighted by Gasteiger charge is -2.38. The van der Waals surface area contributed by atoms with Crippen LogP contribution in [0, 0.1) is 5.41 Å². The number of rotatable bonds is 4. The lowest BCUT2D eigenvalue weighted by atomic mass is 9.70. The summed E-state index contributed by atoms with van der Waals surface area (Å²) >= 11 is 0. The molecule has 0 aromatic carbocycles. The molecular weight excluding hydrogens is 230 g/mol. The lowest BCUT2D eigenvalue weighted by molar-refractivity contribution is -0.122. The number of aromatic nitrogens is 1. The van der Waals surface area contributed by atoms with E-state index < -0.39 is 0 Å². The molecule has 1 amide bonds. The number of carbonyl (C=O) groups is 1. The number of pyridine rings is 1. The van der Waals surface area contributed by atoms with Crippen LogP contribution in [0.15, 0.2) is 23.1 Å². The summed E-state index contributed by atoms with van der Waals surface area (Å²) in [6.07, 6.45) is 5.05. The zero-order chi connectivity index (χ0) is 13.2. The zero-order valence-electron chi connectivity index (χ0n) is 10.6. The van der Waals surface area contributed by atoms with Gasteiger partial charge < -0.3 is 15.6 Å². The molecule has 2 rings (SSSR count). The summed E-state index contributed by atoms with van der Waals surface area (Å²) in [4.78, 5) is 23.3. The number of amides is 1. The minimum Gasteiger partial charge on any atom is -0.398 e. The second-order valence-corrected chi connectivity index (χ2v) is 5.37. The van der Waals surface area contributed by atoms with Gasteiger partial charge in [-0.15, -0.1) is 0 Å². The number of anilines is 1. The average molecular weight is 249 g/mol. The second-order valence-electron chi connectivity index (χ2n) is 5.37. The quantitative estimate of drug-likeness (QED) is 0.826. The third-order valence-corrected chi connectivity index (χ3v) is 3.59. The highest BCUT2D eigenvalue weighted by molar-refractivity contribution is 5.75. The first-order chi connectivity index (χ1) is 8.48. The first kappa shape index (κ1) is 12.7. The van der Waals surface area contributed by atoms with Crippen LogP contribution in [0.4, 0.5) is 5.69 Å². The van der Waals surface area contributed by atoms with Gasteiger partial charge in [-0.1, -0.05) is 13.3 Å². The van der Waals surface area contributed by atoms with Gasteiger partial charge in [0.25, 0.3) is 5.56 Å². The molecule has 0 radical (unpaired) electrons. The van der Waals surface area contributed by atoms with Crippen molar-refractivity contribution in [2.24, 2.45) is 5.41 Å². The van der Waals surface area contributed by atoms with Crippen molar-refractivity contribution >= 4 is 11.6 Å². The minimum absolute atomic E-state index is 0.0277. The van der Waals surface area contributed by atoms with E-state index in [-0.39, 0.29) is 23.4 Å². The maximum absolute atomic E-state index is 11.8. The Morgan fingerprint density at radius 1 is 1.50 bits per heavy atom. The largest absolute Gasteiger partial charge is 0.398 e. The van der Waals surface area contributed by atoms with Gasteiger partial charge in [-0.05, 0) is 24.3 Å². The number of nitrogens with one attached hydrogen (secondary N) is 1. The van der Waals surface area contributed by atoms with Gasteiger partial charge in [-0.2, -0.15) is 0 Å². The number of nitrogens with two attached hydrogens (primary N) is 1. The van der Waals surface area contributed by atoms with Crippen molar-refractivity contribution < 1.29 is 4.79 Å². The topological polar surface area (TPSA) is 77.1 Å². The SMILES string of the molecule is CC1(CNC(=O)Cn2cc(N)ccc2=O)CCC1. The molecule has 0 saturated heterocycles. The normalized spacial score (nSPS) is 16.9. The Morgan fingerprint density at radius 3 is 2.83 bits per heavy atom. The summed E-state index contributed by atoms with van der Waals surface area (Å²) in [7, 11) is 0. The highest BCUT2D eigenvalue weighted by Gasteiger charge is 2.31. The molecule has 0 bridgehead atoms. The third-order valence-electron chi connectivity index (χ3n) is 3.59. The maximum atomic E-state index is 11.8. The Morgan fingerprint density at radius 2 is 2.22 bits per heavy atom. The van der Waals surface area contributed by atoms with E-state index in [1.165, 1.54) is 29.3 Å². The zero-order valence-corrected chi connectivity index (χ0v) is 10.6. The Labute approximate surface area is 106 Å². The summed E-state index contributed by atoms with van der Waals surface area (Å²) in [6.45, 7) is 2.88. The van der Waals surface area contributed by atoms with Gasteiger partial charge in [0.1, 0.15) is 6.54 Å². The molecule has 1 aliphatic rings. The number of nitrogen functional groups attached to an aromatic ring is 1. The predicted molar refractivity (Wildman–Crippen MR) is 70.1 cm³/mol. The van der Waals surface area contributed by atoms with Crippen LogP contribution in [0.1, 0.15) is 26.2 Å². The summed E-state index contributed by atoms with van der Waals surface area (Å²) in [5.41, 5.74) is 6.10. The molecule has 18 heavy (non-hydrogen) atoms. The number of carbonyl (C=O) groups excluding carboxylic acids is 1. The van der Waals surface area contributed by atoms with E-state index in [9.17, 15) is 9.59 Å². The fraction of sp³-hybridized carbons (Fsp3) is 0.538. The molecule has 1 aromatic heterocycles. The highest BCUT2D eigenvalue weighted by atomic mass is 16.2. The summed E-state index contributed by atoms with van der Waals surface area (Å²) in [5, 5.41) is 2.88. The van der Waals surface area contributed by atoms with E-state index >= 15 is 0 Å². The molecule has 3 N–H and O–H groups in total. The second kappa shape index (κ2) is 4.84. The van der Waals surface area contributed by atoms with Gasteiger partial charge in [0.15, 0.2) is 0 Å². The summed E-state index contributed by atoms with van der Waals surface area (Å²) in [6, 6.07) is 2.90. The van der Waals surface area contributed by atoms with Gasteiger partial charge in [-0.25, -0.2) is 0 Å². The van der Waals surface area contributed by atoms with E-state index in [0.717, 1.165) is 12.8 Å². The molecule has 0 aliphatic heterocycles. The first-order valence-corrected chi connectivity index (χ1v) is 6.21. The standard InChI is InChI=1S/C13H19N3O2/c1-13(5-2-6-13)9-15-11(17)8-16-7-10(14)3-4-12(16)18/h3-4,7H,2,5-6,8-9,14H2,1H3,(H,15,17). The fourth-order valence-electron chi connectivity index (χ4n) is 2.15. The molecule has 1 saturated carbocycles. The van der Waals surface area contributed by atoms with Crippen LogP contribution in [-0.2, 0) is 11.3 Å². The van der Waals surface area contributed by atoms with E-state index in [1.807, 2.05) is 0 Å². The van der Waals surface area contributed by atoms with Gasteiger partial charge in [-0.3, -0.25) is 9.59 Å².